The summed E-state index contributed by atoms with van der Waals surface area (Å²) >= 11 is 0. The number of benzene rings is 2. The second-order valence-electron chi connectivity index (χ2n) is 11.0. The maximum Gasteiger partial charge on any atom is 0.242 e. The van der Waals surface area contributed by atoms with Gasteiger partial charge in [-0.1, -0.05) is 63.2 Å². The molecule has 1 N–H and O–H groups in total. The number of ketones is 1. The van der Waals surface area contributed by atoms with Gasteiger partial charge in [0.25, 0.3) is 0 Å². The summed E-state index contributed by atoms with van der Waals surface area (Å²) in [6, 6.07) is 18.0. The zero-order chi connectivity index (χ0) is 23.9. The minimum atomic E-state index is -0.304. The number of carbonyl (C=O) groups excluding carboxylic acids is 2. The van der Waals surface area contributed by atoms with E-state index in [2.05, 4.69) is 55.3 Å². The molecule has 1 amide bonds. The molecule has 1 saturated heterocycles. The van der Waals surface area contributed by atoms with Crippen LogP contribution in [0.4, 0.5) is 11.4 Å². The van der Waals surface area contributed by atoms with E-state index in [1.54, 1.807) is 0 Å². The second kappa shape index (κ2) is 8.94. The Morgan fingerprint density at radius 1 is 1.06 bits per heavy atom. The molecule has 1 fully saturated rings. The molecule has 5 rings (SSSR count). The zero-order valence-electron chi connectivity index (χ0n) is 20.5. The Labute approximate surface area is 202 Å². The number of rotatable bonds is 3. The van der Waals surface area contributed by atoms with Crippen LogP contribution in [-0.4, -0.2) is 36.2 Å². The lowest BCUT2D eigenvalue weighted by Gasteiger charge is -2.39. The number of para-hydroxylation sites is 2. The zero-order valence-corrected chi connectivity index (χ0v) is 20.5. The summed E-state index contributed by atoms with van der Waals surface area (Å²) in [4.78, 5) is 31.5. The van der Waals surface area contributed by atoms with Gasteiger partial charge in [0.05, 0.1) is 24.0 Å². The highest BCUT2D eigenvalue weighted by molar-refractivity contribution is 6.01. The van der Waals surface area contributed by atoms with E-state index >= 15 is 0 Å². The van der Waals surface area contributed by atoms with Crippen molar-refractivity contribution in [1.29, 1.82) is 0 Å². The fourth-order valence-corrected chi connectivity index (χ4v) is 5.87. The molecule has 178 valence electrons. The molecule has 0 saturated carbocycles. The summed E-state index contributed by atoms with van der Waals surface area (Å²) in [5.74, 6) is 0.830. The first-order chi connectivity index (χ1) is 16.3. The van der Waals surface area contributed by atoms with Crippen molar-refractivity contribution < 1.29 is 9.59 Å². The quantitative estimate of drug-likeness (QED) is 0.655. The second-order valence-corrected chi connectivity index (χ2v) is 11.0. The average Bonchev–Trinajstić information content (AvgIpc) is 2.93. The molecule has 1 aliphatic carbocycles. The topological polar surface area (TPSA) is 52.7 Å². The van der Waals surface area contributed by atoms with Gasteiger partial charge in [0, 0.05) is 30.8 Å². The van der Waals surface area contributed by atoms with Gasteiger partial charge in [0.1, 0.15) is 0 Å². The number of amides is 1. The van der Waals surface area contributed by atoms with Crippen LogP contribution in [0.3, 0.4) is 0 Å². The average molecular weight is 458 g/mol. The first kappa shape index (κ1) is 22.7. The van der Waals surface area contributed by atoms with Crippen molar-refractivity contribution in [2.75, 3.05) is 29.9 Å². The lowest BCUT2D eigenvalue weighted by molar-refractivity contribution is -0.131. The third-order valence-corrected chi connectivity index (χ3v) is 7.43. The molecule has 2 aliphatic heterocycles. The Kier molecular flexibility index (Phi) is 5.97. The molecule has 0 radical (unpaired) electrons. The molecule has 3 aliphatic rings. The highest BCUT2D eigenvalue weighted by Crippen LogP contribution is 2.48. The van der Waals surface area contributed by atoms with Crippen molar-refractivity contribution >= 4 is 23.1 Å². The van der Waals surface area contributed by atoms with Gasteiger partial charge in [-0.05, 0) is 48.3 Å². The highest BCUT2D eigenvalue weighted by Gasteiger charge is 2.42. The van der Waals surface area contributed by atoms with Crippen LogP contribution in [0.25, 0.3) is 0 Å². The van der Waals surface area contributed by atoms with E-state index in [9.17, 15) is 9.59 Å². The number of allylic oxidation sites excluding steroid dienone is 1. The number of likely N-dealkylation sites (tertiary alicyclic amines) is 1. The number of hydrogen-bond donors (Lipinski definition) is 1. The fourth-order valence-electron chi connectivity index (χ4n) is 5.87. The lowest BCUT2D eigenvalue weighted by atomic mass is 9.73. The number of nitrogens with zero attached hydrogens (tertiary/aromatic N) is 2. The van der Waals surface area contributed by atoms with Crippen molar-refractivity contribution in [2.24, 2.45) is 11.3 Å². The van der Waals surface area contributed by atoms with E-state index in [1.807, 2.05) is 35.2 Å². The molecule has 34 heavy (non-hydrogen) atoms. The fraction of sp³-hybridized carbons (Fsp3) is 0.448. The van der Waals surface area contributed by atoms with Crippen molar-refractivity contribution in [3.8, 4) is 0 Å². The van der Waals surface area contributed by atoms with Crippen LogP contribution >= 0.6 is 0 Å². The summed E-state index contributed by atoms with van der Waals surface area (Å²) in [6.45, 7) is 8.40. The molecule has 2 unspecified atom stereocenters. The highest BCUT2D eigenvalue weighted by atomic mass is 16.2. The molecule has 2 aromatic carbocycles. The van der Waals surface area contributed by atoms with Gasteiger partial charge in [-0.15, -0.1) is 0 Å². The van der Waals surface area contributed by atoms with Crippen LogP contribution < -0.4 is 10.2 Å². The van der Waals surface area contributed by atoms with Crippen LogP contribution in [0.5, 0.6) is 0 Å². The maximum atomic E-state index is 13.7. The summed E-state index contributed by atoms with van der Waals surface area (Å²) < 4.78 is 0. The number of fused-ring (bicyclic) bond motifs is 1. The number of piperidine rings is 1. The van der Waals surface area contributed by atoms with Gasteiger partial charge in [-0.3, -0.25) is 9.59 Å². The molecule has 0 spiro atoms. The van der Waals surface area contributed by atoms with Crippen LogP contribution in [-0.2, 0) is 9.59 Å². The largest absolute Gasteiger partial charge is 0.357 e. The molecular weight excluding hydrogens is 422 g/mol. The van der Waals surface area contributed by atoms with Gasteiger partial charge in [0.2, 0.25) is 5.91 Å². The summed E-state index contributed by atoms with van der Waals surface area (Å²) in [6.07, 6.45) is 3.54. The monoisotopic (exact) mass is 457 g/mol. The van der Waals surface area contributed by atoms with Gasteiger partial charge in [-0.2, -0.15) is 0 Å². The van der Waals surface area contributed by atoms with Crippen LogP contribution in [0.15, 0.2) is 65.9 Å². The Morgan fingerprint density at radius 2 is 1.79 bits per heavy atom. The molecule has 0 aromatic heterocycles. The summed E-state index contributed by atoms with van der Waals surface area (Å²) in [7, 11) is 0. The van der Waals surface area contributed by atoms with E-state index in [0.29, 0.717) is 12.3 Å². The van der Waals surface area contributed by atoms with E-state index in [4.69, 9.17) is 0 Å². The minimum Gasteiger partial charge on any atom is -0.357 e. The predicted molar refractivity (Wildman–Crippen MR) is 137 cm³/mol. The predicted octanol–water partition coefficient (Wildman–Crippen LogP) is 5.56. The molecule has 2 aromatic rings. The minimum absolute atomic E-state index is 0.103. The first-order valence-corrected chi connectivity index (χ1v) is 12.5. The van der Waals surface area contributed by atoms with Crippen molar-refractivity contribution in [3.05, 3.63) is 71.4 Å². The molecule has 0 bridgehead atoms. The van der Waals surface area contributed by atoms with Gasteiger partial charge in [0.15, 0.2) is 5.78 Å². The molecular formula is C29H35N3O2. The van der Waals surface area contributed by atoms with Crippen LogP contribution in [0.2, 0.25) is 0 Å². The molecule has 2 atom stereocenters. The Bertz CT molecular complexity index is 1120. The summed E-state index contributed by atoms with van der Waals surface area (Å²) in [5.41, 5.74) is 4.66. The third kappa shape index (κ3) is 4.36. The Morgan fingerprint density at radius 3 is 2.56 bits per heavy atom. The number of anilines is 2. The van der Waals surface area contributed by atoms with Gasteiger partial charge in [-0.25, -0.2) is 0 Å². The van der Waals surface area contributed by atoms with Gasteiger partial charge >= 0.3 is 0 Å². The van der Waals surface area contributed by atoms with E-state index in [0.717, 1.165) is 54.1 Å². The maximum absolute atomic E-state index is 13.7. The van der Waals surface area contributed by atoms with Gasteiger partial charge < -0.3 is 15.1 Å². The van der Waals surface area contributed by atoms with Crippen molar-refractivity contribution in [2.45, 2.75) is 52.5 Å². The summed E-state index contributed by atoms with van der Waals surface area (Å²) in [5, 5.41) is 3.63. The number of Topliss-reactive ketones (excluding diaryl/α,β-unsaturated/α-hetero) is 1. The Balaban J connectivity index is 1.63. The van der Waals surface area contributed by atoms with E-state index in [1.165, 1.54) is 6.42 Å². The molecule has 2 heterocycles. The number of carbonyl (C=O) groups is 2. The standard InChI is InChI=1S/C29H35N3O2/c1-20-10-9-15-31(18-20)26(34)19-32-24-14-8-7-13-22(24)30-23-16-29(2,3)17-25(33)27(23)28(32)21-11-5-4-6-12-21/h4-8,11-14,20,28,30H,9-10,15-19H2,1-3H3. The van der Waals surface area contributed by atoms with Crippen LogP contribution in [0.1, 0.15) is 58.1 Å². The molecule has 5 heteroatoms. The SMILES string of the molecule is CC1CCCN(C(=O)CN2c3ccccc3NC3=C(C(=O)CC(C)(C)C3)C2c2ccccc2)C1. The number of hydrogen-bond acceptors (Lipinski definition) is 4. The van der Waals surface area contributed by atoms with Crippen molar-refractivity contribution in [1.82, 2.24) is 4.90 Å². The smallest absolute Gasteiger partial charge is 0.242 e. The third-order valence-electron chi connectivity index (χ3n) is 7.43. The lowest BCUT2D eigenvalue weighted by Crippen LogP contribution is -2.46. The molecule has 5 nitrogen and oxygen atoms in total. The van der Waals surface area contributed by atoms with Crippen molar-refractivity contribution in [3.63, 3.8) is 0 Å². The van der Waals surface area contributed by atoms with E-state index in [-0.39, 0.29) is 29.7 Å². The van der Waals surface area contributed by atoms with Crippen LogP contribution in [0, 0.1) is 11.3 Å². The van der Waals surface area contributed by atoms with E-state index < -0.39 is 0 Å². The Hall–Kier alpha value is -3.08. The first-order valence-electron chi connectivity index (χ1n) is 12.5. The normalized spacial score (nSPS) is 24.1. The number of nitrogens with one attached hydrogen (secondary N) is 1.